The number of aryl methyl sites for hydroxylation is 1. The molecule has 0 bridgehead atoms. The lowest BCUT2D eigenvalue weighted by Gasteiger charge is -2.26. The number of sulfonamides is 2. The minimum Gasteiger partial charge on any atom is -0.493 e. The van der Waals surface area contributed by atoms with Crippen LogP contribution in [-0.2, 0) is 24.8 Å². The second kappa shape index (κ2) is 12.3. The highest BCUT2D eigenvalue weighted by molar-refractivity contribution is 7.92. The van der Waals surface area contributed by atoms with Gasteiger partial charge < -0.3 is 14.8 Å². The molecule has 1 saturated heterocycles. The summed E-state index contributed by atoms with van der Waals surface area (Å²) in [4.78, 5) is 13.2. The minimum atomic E-state index is -4.20. The number of benzene rings is 3. The zero-order valence-corrected chi connectivity index (χ0v) is 24.3. The predicted octanol–water partition coefficient (Wildman–Crippen LogP) is 4.02. The van der Waals surface area contributed by atoms with Gasteiger partial charge in [-0.2, -0.15) is 4.31 Å². The molecule has 0 spiro atoms. The van der Waals surface area contributed by atoms with E-state index in [1.807, 2.05) is 6.92 Å². The standard InChI is InChI=1S/C28H33N3O7S2/c1-21-7-11-23(12-8-21)31(40(35,36)25-15-16-26(37-2)27(19-25)38-3)20-28(32)29-22-9-13-24(14-10-22)39(33,34)30-17-5-4-6-18-30/h7-16,19H,4-6,17-18,20H2,1-3H3,(H,29,32). The van der Waals surface area contributed by atoms with Crippen LogP contribution in [0.1, 0.15) is 24.8 Å². The Kier molecular flexibility index (Phi) is 9.02. The fourth-order valence-electron chi connectivity index (χ4n) is 4.43. The lowest BCUT2D eigenvalue weighted by Crippen LogP contribution is -2.38. The number of anilines is 2. The zero-order valence-electron chi connectivity index (χ0n) is 22.7. The molecule has 1 aliphatic rings. The fraction of sp³-hybridized carbons (Fsp3) is 0.321. The van der Waals surface area contributed by atoms with Crippen LogP contribution in [-0.4, -0.2) is 60.9 Å². The molecule has 1 fully saturated rings. The third kappa shape index (κ3) is 6.40. The Balaban J connectivity index is 1.57. The van der Waals surface area contributed by atoms with Gasteiger partial charge in [-0.15, -0.1) is 0 Å². The normalized spacial score (nSPS) is 14.4. The van der Waals surface area contributed by atoms with Crippen LogP contribution < -0.4 is 19.1 Å². The molecule has 1 aliphatic heterocycles. The van der Waals surface area contributed by atoms with Gasteiger partial charge in [-0.25, -0.2) is 16.8 Å². The van der Waals surface area contributed by atoms with Crippen molar-refractivity contribution in [1.29, 1.82) is 0 Å². The van der Waals surface area contributed by atoms with E-state index >= 15 is 0 Å². The second-order valence-electron chi connectivity index (χ2n) is 9.40. The molecule has 0 atom stereocenters. The lowest BCUT2D eigenvalue weighted by atomic mass is 10.2. The van der Waals surface area contributed by atoms with E-state index in [0.29, 0.717) is 30.2 Å². The number of rotatable bonds is 10. The van der Waals surface area contributed by atoms with Gasteiger partial charge in [0.05, 0.1) is 29.7 Å². The van der Waals surface area contributed by atoms with Gasteiger partial charge in [-0.1, -0.05) is 24.1 Å². The van der Waals surface area contributed by atoms with Gasteiger partial charge in [0, 0.05) is 24.8 Å². The third-order valence-electron chi connectivity index (χ3n) is 6.64. The number of hydrogen-bond donors (Lipinski definition) is 1. The van der Waals surface area contributed by atoms with Crippen molar-refractivity contribution >= 4 is 37.3 Å². The maximum atomic E-state index is 13.8. The maximum absolute atomic E-state index is 13.8. The Hall–Kier alpha value is -3.61. The molecular weight excluding hydrogens is 554 g/mol. The molecule has 4 rings (SSSR count). The van der Waals surface area contributed by atoms with Crippen LogP contribution in [0.3, 0.4) is 0 Å². The van der Waals surface area contributed by atoms with Gasteiger partial charge in [0.15, 0.2) is 11.5 Å². The molecule has 12 heteroatoms. The number of ether oxygens (including phenoxy) is 2. The highest BCUT2D eigenvalue weighted by atomic mass is 32.2. The smallest absolute Gasteiger partial charge is 0.264 e. The number of hydrogen-bond acceptors (Lipinski definition) is 7. The Morgan fingerprint density at radius 1 is 0.825 bits per heavy atom. The number of nitrogens with zero attached hydrogens (tertiary/aromatic N) is 2. The summed E-state index contributed by atoms with van der Waals surface area (Å²) >= 11 is 0. The first-order valence-corrected chi connectivity index (χ1v) is 15.7. The largest absolute Gasteiger partial charge is 0.493 e. The summed E-state index contributed by atoms with van der Waals surface area (Å²) in [6.07, 6.45) is 2.67. The highest BCUT2D eigenvalue weighted by Gasteiger charge is 2.29. The molecule has 0 unspecified atom stereocenters. The van der Waals surface area contributed by atoms with Crippen LogP contribution in [0.15, 0.2) is 76.5 Å². The first kappa shape index (κ1) is 29.4. The third-order valence-corrected chi connectivity index (χ3v) is 10.3. The van der Waals surface area contributed by atoms with Gasteiger partial charge in [0.1, 0.15) is 6.54 Å². The molecule has 1 N–H and O–H groups in total. The van der Waals surface area contributed by atoms with E-state index in [4.69, 9.17) is 9.47 Å². The van der Waals surface area contributed by atoms with Crippen LogP contribution in [0.2, 0.25) is 0 Å². The minimum absolute atomic E-state index is 0.0780. The Bertz CT molecular complexity index is 1550. The summed E-state index contributed by atoms with van der Waals surface area (Å²) in [5, 5.41) is 2.68. The second-order valence-corrected chi connectivity index (χ2v) is 13.2. The number of methoxy groups -OCH3 is 2. The Morgan fingerprint density at radius 3 is 2.02 bits per heavy atom. The van der Waals surface area contributed by atoms with Crippen molar-refractivity contribution < 1.29 is 31.1 Å². The monoisotopic (exact) mass is 587 g/mol. The molecule has 0 radical (unpaired) electrons. The Labute approximate surface area is 235 Å². The molecular formula is C28H33N3O7S2. The first-order valence-electron chi connectivity index (χ1n) is 12.8. The van der Waals surface area contributed by atoms with Crippen molar-refractivity contribution in [2.75, 3.05) is 43.5 Å². The van der Waals surface area contributed by atoms with Gasteiger partial charge in [0.2, 0.25) is 15.9 Å². The predicted molar refractivity (Wildman–Crippen MR) is 153 cm³/mol. The summed E-state index contributed by atoms with van der Waals surface area (Å²) in [7, 11) is -4.96. The zero-order chi connectivity index (χ0) is 28.9. The number of amides is 1. The van der Waals surface area contributed by atoms with E-state index in [1.165, 1.54) is 61.0 Å². The summed E-state index contributed by atoms with van der Waals surface area (Å²) < 4.78 is 66.3. The molecule has 1 amide bonds. The van der Waals surface area contributed by atoms with Crippen molar-refractivity contribution in [3.05, 3.63) is 72.3 Å². The van der Waals surface area contributed by atoms with E-state index in [9.17, 15) is 21.6 Å². The summed E-state index contributed by atoms with van der Waals surface area (Å²) in [5.74, 6) is -0.000399. The molecule has 3 aromatic rings. The topological polar surface area (TPSA) is 122 Å². The molecule has 214 valence electrons. The van der Waals surface area contributed by atoms with E-state index in [2.05, 4.69) is 5.32 Å². The Morgan fingerprint density at radius 2 is 1.43 bits per heavy atom. The van der Waals surface area contributed by atoms with Gasteiger partial charge in [0.25, 0.3) is 10.0 Å². The quantitative estimate of drug-likeness (QED) is 0.380. The molecule has 3 aromatic carbocycles. The van der Waals surface area contributed by atoms with Crippen LogP contribution in [0.4, 0.5) is 11.4 Å². The average molecular weight is 588 g/mol. The first-order chi connectivity index (χ1) is 19.1. The number of nitrogens with one attached hydrogen (secondary N) is 1. The van der Waals surface area contributed by atoms with Crippen molar-refractivity contribution in [2.45, 2.75) is 36.0 Å². The summed E-state index contributed by atoms with van der Waals surface area (Å²) in [6, 6.07) is 16.8. The molecule has 0 aliphatic carbocycles. The molecule has 0 saturated carbocycles. The molecule has 40 heavy (non-hydrogen) atoms. The number of piperidine rings is 1. The molecule has 0 aromatic heterocycles. The van der Waals surface area contributed by atoms with Crippen LogP contribution in [0.25, 0.3) is 0 Å². The fourth-order valence-corrected chi connectivity index (χ4v) is 7.38. The lowest BCUT2D eigenvalue weighted by molar-refractivity contribution is -0.114. The van der Waals surface area contributed by atoms with Gasteiger partial charge in [-0.3, -0.25) is 9.10 Å². The van der Waals surface area contributed by atoms with E-state index in [1.54, 1.807) is 24.3 Å². The summed E-state index contributed by atoms with van der Waals surface area (Å²) in [6.45, 7) is 2.33. The molecule has 1 heterocycles. The van der Waals surface area contributed by atoms with E-state index in [-0.39, 0.29) is 15.5 Å². The van der Waals surface area contributed by atoms with Crippen LogP contribution in [0, 0.1) is 6.92 Å². The van der Waals surface area contributed by atoms with Crippen LogP contribution in [0.5, 0.6) is 11.5 Å². The van der Waals surface area contributed by atoms with E-state index in [0.717, 1.165) is 29.1 Å². The SMILES string of the molecule is COc1ccc(S(=O)(=O)N(CC(=O)Nc2ccc(S(=O)(=O)N3CCCCC3)cc2)c2ccc(C)cc2)cc1OC. The average Bonchev–Trinajstić information content (AvgIpc) is 2.96. The van der Waals surface area contributed by atoms with Crippen molar-refractivity contribution in [2.24, 2.45) is 0 Å². The van der Waals surface area contributed by atoms with Crippen molar-refractivity contribution in [3.8, 4) is 11.5 Å². The number of carbonyl (C=O) groups excluding carboxylic acids is 1. The van der Waals surface area contributed by atoms with Crippen LogP contribution >= 0.6 is 0 Å². The van der Waals surface area contributed by atoms with Crippen molar-refractivity contribution in [3.63, 3.8) is 0 Å². The van der Waals surface area contributed by atoms with Gasteiger partial charge in [-0.05, 0) is 68.3 Å². The number of carbonyl (C=O) groups is 1. The van der Waals surface area contributed by atoms with Gasteiger partial charge >= 0.3 is 0 Å². The molecule has 10 nitrogen and oxygen atoms in total. The highest BCUT2D eigenvalue weighted by Crippen LogP contribution is 2.32. The maximum Gasteiger partial charge on any atom is 0.264 e. The van der Waals surface area contributed by atoms with Crippen molar-refractivity contribution in [1.82, 2.24) is 4.31 Å². The van der Waals surface area contributed by atoms with E-state index < -0.39 is 32.5 Å². The summed E-state index contributed by atoms with van der Waals surface area (Å²) in [5.41, 5.74) is 1.57.